The van der Waals surface area contributed by atoms with E-state index in [1.54, 1.807) is 5.57 Å². The molecule has 102 valence electrons. The average Bonchev–Trinajstić information content (AvgIpc) is 2.70. The summed E-state index contributed by atoms with van der Waals surface area (Å²) in [5.41, 5.74) is 2.83. The first-order valence-corrected chi connectivity index (χ1v) is 8.08. The standard InChI is InChI=1S/C17H28O/c1-2-3-4-5-6-7-12-16-15-11-9-8-10-14(15)13-17(16)18/h14H,2-13H2,1H3. The lowest BCUT2D eigenvalue weighted by molar-refractivity contribution is -0.115. The summed E-state index contributed by atoms with van der Waals surface area (Å²) >= 11 is 0. The molecule has 0 aromatic heterocycles. The molecule has 2 aliphatic carbocycles. The van der Waals surface area contributed by atoms with Crippen molar-refractivity contribution in [2.75, 3.05) is 0 Å². The molecule has 2 aliphatic rings. The number of fused-ring (bicyclic) bond motifs is 1. The Labute approximate surface area is 112 Å². The molecule has 0 aromatic carbocycles. The summed E-state index contributed by atoms with van der Waals surface area (Å²) in [6.45, 7) is 2.26. The molecule has 0 heterocycles. The maximum atomic E-state index is 12.0. The molecule has 18 heavy (non-hydrogen) atoms. The normalized spacial score (nSPS) is 23.6. The maximum Gasteiger partial charge on any atom is 0.159 e. The van der Waals surface area contributed by atoms with Crippen LogP contribution in [0.5, 0.6) is 0 Å². The van der Waals surface area contributed by atoms with Crippen molar-refractivity contribution in [2.45, 2.75) is 84.0 Å². The highest BCUT2D eigenvalue weighted by Gasteiger charge is 2.32. The van der Waals surface area contributed by atoms with Gasteiger partial charge in [0.2, 0.25) is 0 Å². The van der Waals surface area contributed by atoms with E-state index in [2.05, 4.69) is 6.92 Å². The molecule has 0 bridgehead atoms. The van der Waals surface area contributed by atoms with Crippen molar-refractivity contribution >= 4 is 5.78 Å². The van der Waals surface area contributed by atoms with E-state index in [4.69, 9.17) is 0 Å². The zero-order valence-corrected chi connectivity index (χ0v) is 12.0. The fourth-order valence-corrected chi connectivity index (χ4v) is 3.62. The molecule has 1 atom stereocenters. The molecule has 1 unspecified atom stereocenters. The van der Waals surface area contributed by atoms with Gasteiger partial charge in [-0.1, -0.05) is 51.0 Å². The monoisotopic (exact) mass is 248 g/mol. The number of Topliss-reactive ketones (excluding diaryl/α,β-unsaturated/α-hetero) is 1. The van der Waals surface area contributed by atoms with E-state index in [0.29, 0.717) is 11.7 Å². The van der Waals surface area contributed by atoms with E-state index in [1.807, 2.05) is 0 Å². The highest BCUT2D eigenvalue weighted by Crippen LogP contribution is 2.41. The molecule has 0 aromatic rings. The van der Waals surface area contributed by atoms with Gasteiger partial charge in [0.15, 0.2) is 5.78 Å². The van der Waals surface area contributed by atoms with Crippen LogP contribution in [0.25, 0.3) is 0 Å². The van der Waals surface area contributed by atoms with E-state index in [1.165, 1.54) is 69.8 Å². The number of unbranched alkanes of at least 4 members (excludes halogenated alkanes) is 5. The molecule has 0 aliphatic heterocycles. The summed E-state index contributed by atoms with van der Waals surface area (Å²) < 4.78 is 0. The Morgan fingerprint density at radius 1 is 1.06 bits per heavy atom. The SMILES string of the molecule is CCCCCCCCC1=C2CCCCC2CC1=O. The lowest BCUT2D eigenvalue weighted by atomic mass is 9.85. The molecule has 2 rings (SSSR count). The number of allylic oxidation sites excluding steroid dienone is 2. The second kappa shape index (κ2) is 7.11. The maximum absolute atomic E-state index is 12.0. The summed E-state index contributed by atoms with van der Waals surface area (Å²) in [7, 11) is 0. The first kappa shape index (κ1) is 13.8. The third-order valence-corrected chi connectivity index (χ3v) is 4.68. The Hall–Kier alpha value is -0.590. The van der Waals surface area contributed by atoms with Crippen LogP contribution in [0.3, 0.4) is 0 Å². The van der Waals surface area contributed by atoms with Crippen LogP contribution in [0.4, 0.5) is 0 Å². The molecule has 1 heteroatoms. The number of hydrogen-bond acceptors (Lipinski definition) is 1. The minimum atomic E-state index is 0.491. The Morgan fingerprint density at radius 2 is 1.83 bits per heavy atom. The lowest BCUT2D eigenvalue weighted by Gasteiger charge is -2.20. The van der Waals surface area contributed by atoms with E-state index < -0.39 is 0 Å². The fraction of sp³-hybridized carbons (Fsp3) is 0.824. The first-order chi connectivity index (χ1) is 8.83. The molecule has 1 fully saturated rings. The van der Waals surface area contributed by atoms with Crippen LogP contribution in [-0.2, 0) is 4.79 Å². The quantitative estimate of drug-likeness (QED) is 0.566. The minimum absolute atomic E-state index is 0.491. The van der Waals surface area contributed by atoms with Crippen molar-refractivity contribution in [2.24, 2.45) is 5.92 Å². The largest absolute Gasteiger partial charge is 0.295 e. The molecule has 0 saturated heterocycles. The van der Waals surface area contributed by atoms with Gasteiger partial charge in [-0.2, -0.15) is 0 Å². The average molecular weight is 248 g/mol. The van der Waals surface area contributed by atoms with E-state index in [0.717, 1.165) is 12.8 Å². The number of carbonyl (C=O) groups excluding carboxylic acids is 1. The van der Waals surface area contributed by atoms with Gasteiger partial charge in [-0.15, -0.1) is 0 Å². The van der Waals surface area contributed by atoms with Crippen molar-refractivity contribution in [3.8, 4) is 0 Å². The highest BCUT2D eigenvalue weighted by molar-refractivity contribution is 5.99. The summed E-state index contributed by atoms with van der Waals surface area (Å²) in [4.78, 5) is 12.0. The predicted molar refractivity (Wildman–Crippen MR) is 76.6 cm³/mol. The number of carbonyl (C=O) groups is 1. The second-order valence-corrected chi connectivity index (χ2v) is 6.09. The van der Waals surface area contributed by atoms with Crippen LogP contribution in [0.1, 0.15) is 84.0 Å². The Balaban J connectivity index is 1.75. The van der Waals surface area contributed by atoms with Gasteiger partial charge in [0.05, 0.1) is 0 Å². The highest BCUT2D eigenvalue weighted by atomic mass is 16.1. The molecule has 0 amide bonds. The molecule has 1 saturated carbocycles. The Bertz CT molecular complexity index is 314. The summed E-state index contributed by atoms with van der Waals surface area (Å²) in [5, 5.41) is 0. The van der Waals surface area contributed by atoms with Crippen LogP contribution in [0.15, 0.2) is 11.1 Å². The van der Waals surface area contributed by atoms with Crippen molar-refractivity contribution in [3.05, 3.63) is 11.1 Å². The van der Waals surface area contributed by atoms with E-state index in [-0.39, 0.29) is 0 Å². The second-order valence-electron chi connectivity index (χ2n) is 6.09. The fourth-order valence-electron chi connectivity index (χ4n) is 3.62. The van der Waals surface area contributed by atoms with Gasteiger partial charge in [0, 0.05) is 6.42 Å². The van der Waals surface area contributed by atoms with E-state index >= 15 is 0 Å². The zero-order valence-electron chi connectivity index (χ0n) is 12.0. The third-order valence-electron chi connectivity index (χ3n) is 4.68. The van der Waals surface area contributed by atoms with E-state index in [9.17, 15) is 4.79 Å². The molecule has 0 spiro atoms. The number of rotatable bonds is 7. The smallest absolute Gasteiger partial charge is 0.159 e. The van der Waals surface area contributed by atoms with Crippen LogP contribution >= 0.6 is 0 Å². The van der Waals surface area contributed by atoms with Crippen molar-refractivity contribution < 1.29 is 4.79 Å². The van der Waals surface area contributed by atoms with Gasteiger partial charge in [-0.05, 0) is 43.6 Å². The summed E-state index contributed by atoms with van der Waals surface area (Å²) in [5.74, 6) is 1.15. The number of hydrogen-bond donors (Lipinski definition) is 0. The van der Waals surface area contributed by atoms with Gasteiger partial charge >= 0.3 is 0 Å². The van der Waals surface area contributed by atoms with Gasteiger partial charge in [-0.3, -0.25) is 4.79 Å². The minimum Gasteiger partial charge on any atom is -0.295 e. The summed E-state index contributed by atoms with van der Waals surface area (Å²) in [6, 6.07) is 0. The van der Waals surface area contributed by atoms with Crippen LogP contribution in [0.2, 0.25) is 0 Å². The van der Waals surface area contributed by atoms with Gasteiger partial charge in [0.1, 0.15) is 0 Å². The van der Waals surface area contributed by atoms with Gasteiger partial charge < -0.3 is 0 Å². The van der Waals surface area contributed by atoms with Gasteiger partial charge in [0.25, 0.3) is 0 Å². The van der Waals surface area contributed by atoms with Crippen LogP contribution in [0, 0.1) is 5.92 Å². The molecule has 0 radical (unpaired) electrons. The molecular formula is C17H28O. The molecule has 1 nitrogen and oxygen atoms in total. The Morgan fingerprint density at radius 3 is 2.67 bits per heavy atom. The molecule has 0 N–H and O–H groups in total. The van der Waals surface area contributed by atoms with Crippen molar-refractivity contribution in [1.82, 2.24) is 0 Å². The Kier molecular flexibility index (Phi) is 5.46. The lowest BCUT2D eigenvalue weighted by Crippen LogP contribution is -2.06. The predicted octanol–water partition coefficient (Wildman–Crippen LogP) is 5.20. The third kappa shape index (κ3) is 3.46. The zero-order chi connectivity index (χ0) is 12.8. The van der Waals surface area contributed by atoms with Crippen molar-refractivity contribution in [1.29, 1.82) is 0 Å². The van der Waals surface area contributed by atoms with Crippen LogP contribution < -0.4 is 0 Å². The van der Waals surface area contributed by atoms with Gasteiger partial charge in [-0.25, -0.2) is 0 Å². The van der Waals surface area contributed by atoms with Crippen LogP contribution in [-0.4, -0.2) is 5.78 Å². The van der Waals surface area contributed by atoms with Crippen molar-refractivity contribution in [3.63, 3.8) is 0 Å². The molecular weight excluding hydrogens is 220 g/mol. The topological polar surface area (TPSA) is 17.1 Å². The summed E-state index contributed by atoms with van der Waals surface area (Å²) in [6.07, 6.45) is 15.1. The first-order valence-electron chi connectivity index (χ1n) is 8.08. The number of ketones is 1.